The van der Waals surface area contributed by atoms with Crippen molar-refractivity contribution in [2.24, 2.45) is 11.8 Å². The summed E-state index contributed by atoms with van der Waals surface area (Å²) in [6.45, 7) is 4.47. The van der Waals surface area contributed by atoms with Crippen molar-refractivity contribution in [1.82, 2.24) is 0 Å². The molecule has 1 aromatic rings. The molecule has 3 atom stereocenters. The molecule has 114 valence electrons. The molecule has 2 heteroatoms. The number of para-hydroxylation sites is 1. The zero-order chi connectivity index (χ0) is 14.2. The van der Waals surface area contributed by atoms with Crippen LogP contribution in [0.5, 0.6) is 0 Å². The van der Waals surface area contributed by atoms with Gasteiger partial charge in [0.1, 0.15) is 0 Å². The molecule has 2 aliphatic heterocycles. The quantitative estimate of drug-likeness (QED) is 0.804. The molecule has 0 aromatic heterocycles. The van der Waals surface area contributed by atoms with Crippen molar-refractivity contribution in [3.05, 3.63) is 29.8 Å². The summed E-state index contributed by atoms with van der Waals surface area (Å²) < 4.78 is 6.24. The molecule has 1 saturated carbocycles. The van der Waals surface area contributed by atoms with Gasteiger partial charge < -0.3 is 9.64 Å². The highest BCUT2D eigenvalue weighted by atomic mass is 16.5. The van der Waals surface area contributed by atoms with Crippen molar-refractivity contribution in [3.8, 4) is 0 Å². The Morgan fingerprint density at radius 3 is 2.86 bits per heavy atom. The van der Waals surface area contributed by atoms with Gasteiger partial charge in [0.2, 0.25) is 0 Å². The van der Waals surface area contributed by atoms with E-state index in [-0.39, 0.29) is 0 Å². The van der Waals surface area contributed by atoms with Crippen molar-refractivity contribution < 1.29 is 4.74 Å². The summed E-state index contributed by atoms with van der Waals surface area (Å²) >= 11 is 0. The number of benzene rings is 1. The highest BCUT2D eigenvalue weighted by Crippen LogP contribution is 2.52. The molecular weight excluding hydrogens is 258 g/mol. The van der Waals surface area contributed by atoms with Gasteiger partial charge in [-0.05, 0) is 44.1 Å². The topological polar surface area (TPSA) is 12.5 Å². The number of unbranched alkanes of at least 4 members (excludes halogenated alkanes) is 1. The Kier molecular flexibility index (Phi) is 3.66. The fourth-order valence-electron chi connectivity index (χ4n) is 4.50. The number of anilines is 1. The minimum atomic E-state index is 0.360. The molecule has 0 bridgehead atoms. The minimum Gasteiger partial charge on any atom is -0.373 e. The molecule has 3 aliphatic rings. The molecule has 1 aromatic carbocycles. The average Bonchev–Trinajstić information content (AvgIpc) is 3.37. The average molecular weight is 285 g/mol. The lowest BCUT2D eigenvalue weighted by Crippen LogP contribution is -2.50. The lowest BCUT2D eigenvalue weighted by molar-refractivity contribution is -0.0448. The summed E-state index contributed by atoms with van der Waals surface area (Å²) in [7, 11) is 0. The standard InChI is InChI=1S/C19H27NO/c1-2-3-12-20-17-9-5-4-7-15(17)19-16(8-6-13-21-19)18(20)14-10-11-14/h4-5,7,9,14,16,18-19H,2-3,6,8,10-13H2,1H3. The van der Waals surface area contributed by atoms with Gasteiger partial charge in [-0.25, -0.2) is 0 Å². The predicted octanol–water partition coefficient (Wildman–Crippen LogP) is 4.55. The number of hydrogen-bond donors (Lipinski definition) is 0. The first-order valence-electron chi connectivity index (χ1n) is 8.87. The van der Waals surface area contributed by atoms with Gasteiger partial charge in [0, 0.05) is 36.4 Å². The van der Waals surface area contributed by atoms with Crippen LogP contribution in [0.1, 0.15) is 57.1 Å². The van der Waals surface area contributed by atoms with E-state index in [0.29, 0.717) is 6.10 Å². The SMILES string of the molecule is CCCCN1c2ccccc2C2OCCCC2C1C1CC1. The Morgan fingerprint density at radius 2 is 2.05 bits per heavy atom. The van der Waals surface area contributed by atoms with E-state index < -0.39 is 0 Å². The second-order valence-electron chi connectivity index (χ2n) is 7.03. The minimum absolute atomic E-state index is 0.360. The lowest BCUT2D eigenvalue weighted by Gasteiger charge is -2.49. The van der Waals surface area contributed by atoms with Crippen molar-refractivity contribution >= 4 is 5.69 Å². The number of fused-ring (bicyclic) bond motifs is 3. The van der Waals surface area contributed by atoms with Crippen LogP contribution in [0.2, 0.25) is 0 Å². The van der Waals surface area contributed by atoms with Gasteiger partial charge >= 0.3 is 0 Å². The van der Waals surface area contributed by atoms with Crippen LogP contribution >= 0.6 is 0 Å². The number of hydrogen-bond acceptors (Lipinski definition) is 2. The fourth-order valence-corrected chi connectivity index (χ4v) is 4.50. The van der Waals surface area contributed by atoms with E-state index in [9.17, 15) is 0 Å². The molecule has 0 radical (unpaired) electrons. The monoisotopic (exact) mass is 285 g/mol. The molecule has 2 nitrogen and oxygen atoms in total. The maximum absolute atomic E-state index is 6.24. The third-order valence-electron chi connectivity index (χ3n) is 5.58. The smallest absolute Gasteiger partial charge is 0.0892 e. The summed E-state index contributed by atoms with van der Waals surface area (Å²) in [6.07, 6.45) is 8.39. The van der Waals surface area contributed by atoms with Gasteiger partial charge in [0.15, 0.2) is 0 Å². The van der Waals surface area contributed by atoms with E-state index in [1.165, 1.54) is 56.3 Å². The largest absolute Gasteiger partial charge is 0.373 e. The van der Waals surface area contributed by atoms with Gasteiger partial charge in [0.25, 0.3) is 0 Å². The van der Waals surface area contributed by atoms with Gasteiger partial charge in [-0.3, -0.25) is 0 Å². The van der Waals surface area contributed by atoms with Crippen LogP contribution in [0, 0.1) is 11.8 Å². The first-order valence-corrected chi connectivity index (χ1v) is 8.87. The van der Waals surface area contributed by atoms with E-state index in [4.69, 9.17) is 4.74 Å². The highest BCUT2D eigenvalue weighted by molar-refractivity contribution is 5.58. The maximum Gasteiger partial charge on any atom is 0.0892 e. The summed E-state index contributed by atoms with van der Waals surface area (Å²) in [5.41, 5.74) is 2.92. The first kappa shape index (κ1) is 13.6. The van der Waals surface area contributed by atoms with Crippen LogP contribution in [-0.4, -0.2) is 19.2 Å². The van der Waals surface area contributed by atoms with Gasteiger partial charge in [-0.15, -0.1) is 0 Å². The number of ether oxygens (including phenoxy) is 1. The van der Waals surface area contributed by atoms with E-state index in [1.807, 2.05) is 0 Å². The molecule has 1 aliphatic carbocycles. The van der Waals surface area contributed by atoms with Crippen molar-refractivity contribution in [2.45, 2.75) is 57.6 Å². The zero-order valence-electron chi connectivity index (χ0n) is 13.1. The summed E-state index contributed by atoms with van der Waals surface area (Å²) in [4.78, 5) is 2.76. The van der Waals surface area contributed by atoms with E-state index in [2.05, 4.69) is 36.1 Å². The van der Waals surface area contributed by atoms with Gasteiger partial charge in [0.05, 0.1) is 6.10 Å². The second kappa shape index (κ2) is 5.64. The van der Waals surface area contributed by atoms with E-state index in [1.54, 1.807) is 0 Å². The van der Waals surface area contributed by atoms with E-state index >= 15 is 0 Å². The van der Waals surface area contributed by atoms with Crippen LogP contribution < -0.4 is 4.90 Å². The third-order valence-corrected chi connectivity index (χ3v) is 5.58. The van der Waals surface area contributed by atoms with Crippen LogP contribution in [0.4, 0.5) is 5.69 Å². The zero-order valence-corrected chi connectivity index (χ0v) is 13.1. The molecule has 0 amide bonds. The van der Waals surface area contributed by atoms with Crippen molar-refractivity contribution in [3.63, 3.8) is 0 Å². The molecule has 4 rings (SSSR count). The molecule has 21 heavy (non-hydrogen) atoms. The van der Waals surface area contributed by atoms with Gasteiger partial charge in [-0.2, -0.15) is 0 Å². The maximum atomic E-state index is 6.24. The second-order valence-corrected chi connectivity index (χ2v) is 7.03. The van der Waals surface area contributed by atoms with Crippen LogP contribution in [0.15, 0.2) is 24.3 Å². The van der Waals surface area contributed by atoms with E-state index in [0.717, 1.165) is 24.5 Å². The molecule has 1 saturated heterocycles. The number of rotatable bonds is 4. The molecule has 0 N–H and O–H groups in total. The Bertz CT molecular complexity index is 496. The summed E-state index contributed by atoms with van der Waals surface area (Å²) in [5, 5.41) is 0. The van der Waals surface area contributed by atoms with Crippen molar-refractivity contribution in [1.29, 1.82) is 0 Å². The third kappa shape index (κ3) is 2.38. The Hall–Kier alpha value is -1.02. The Balaban J connectivity index is 1.74. The summed E-state index contributed by atoms with van der Waals surface area (Å²) in [5.74, 6) is 1.64. The molecular formula is C19H27NO. The van der Waals surface area contributed by atoms with Crippen LogP contribution in [0.3, 0.4) is 0 Å². The normalized spacial score (nSPS) is 31.7. The summed E-state index contributed by atoms with van der Waals surface area (Å²) in [6, 6.07) is 9.75. The van der Waals surface area contributed by atoms with Crippen LogP contribution in [-0.2, 0) is 4.74 Å². The van der Waals surface area contributed by atoms with Crippen LogP contribution in [0.25, 0.3) is 0 Å². The van der Waals surface area contributed by atoms with Gasteiger partial charge in [-0.1, -0.05) is 31.5 Å². The first-order chi connectivity index (χ1) is 10.4. The Labute approximate surface area is 128 Å². The van der Waals surface area contributed by atoms with Crippen molar-refractivity contribution in [2.75, 3.05) is 18.1 Å². The highest BCUT2D eigenvalue weighted by Gasteiger charge is 2.48. The predicted molar refractivity (Wildman–Crippen MR) is 86.6 cm³/mol. The molecule has 2 fully saturated rings. The molecule has 3 unspecified atom stereocenters. The molecule has 2 heterocycles. The Morgan fingerprint density at radius 1 is 1.19 bits per heavy atom. The fraction of sp³-hybridized carbons (Fsp3) is 0.684. The molecule has 0 spiro atoms. The lowest BCUT2D eigenvalue weighted by atomic mass is 9.77. The number of nitrogens with zero attached hydrogens (tertiary/aromatic N) is 1.